The van der Waals surface area contributed by atoms with E-state index in [0.717, 1.165) is 18.8 Å². The summed E-state index contributed by atoms with van der Waals surface area (Å²) in [4.78, 5) is 5.15. The monoisotopic (exact) mass is 326 g/mol. The lowest BCUT2D eigenvalue weighted by atomic mass is 9.79. The highest BCUT2D eigenvalue weighted by Gasteiger charge is 2.47. The summed E-state index contributed by atoms with van der Waals surface area (Å²) in [6.07, 6.45) is 5.44. The van der Waals surface area contributed by atoms with Gasteiger partial charge in [-0.25, -0.2) is 0 Å². The van der Waals surface area contributed by atoms with Crippen molar-refractivity contribution in [3.8, 4) is 5.75 Å². The lowest BCUT2D eigenvalue weighted by molar-refractivity contribution is 0.00160. The number of aromatic nitrogens is 2. The van der Waals surface area contributed by atoms with Crippen molar-refractivity contribution >= 4 is 0 Å². The highest BCUT2D eigenvalue weighted by atomic mass is 16.5. The van der Waals surface area contributed by atoms with Gasteiger partial charge in [-0.05, 0) is 30.7 Å². The molecule has 1 aromatic heterocycles. The van der Waals surface area contributed by atoms with Crippen LogP contribution in [0.2, 0.25) is 0 Å². The van der Waals surface area contributed by atoms with Crippen LogP contribution in [0.25, 0.3) is 0 Å². The van der Waals surface area contributed by atoms with Gasteiger partial charge >= 0.3 is 0 Å². The number of rotatable bonds is 5. The van der Waals surface area contributed by atoms with Gasteiger partial charge in [-0.2, -0.15) is 5.10 Å². The summed E-state index contributed by atoms with van der Waals surface area (Å²) in [6.45, 7) is 6.97. The van der Waals surface area contributed by atoms with Gasteiger partial charge in [0.1, 0.15) is 5.75 Å². The summed E-state index contributed by atoms with van der Waals surface area (Å²) < 4.78 is 7.12. The number of ether oxygens (including phenoxy) is 1. The molecule has 0 saturated carbocycles. The number of likely N-dealkylation sites (tertiary alicyclic amines) is 2. The summed E-state index contributed by atoms with van der Waals surface area (Å²) in [5.41, 5.74) is 3.22. The second-order valence-electron chi connectivity index (χ2n) is 7.48. The Balaban J connectivity index is 1.27. The Hall–Kier alpha value is -1.85. The van der Waals surface area contributed by atoms with E-state index in [4.69, 9.17) is 4.74 Å². The van der Waals surface area contributed by atoms with Gasteiger partial charge in [-0.1, -0.05) is 12.1 Å². The minimum absolute atomic E-state index is 0.522. The largest absolute Gasteiger partial charge is 0.497 e. The molecule has 1 aromatic carbocycles. The van der Waals surface area contributed by atoms with Crippen LogP contribution in [0.1, 0.15) is 17.5 Å². The zero-order chi connectivity index (χ0) is 16.6. The standard InChI is InChI=1S/C19H26N4O/c1-21-10-17(9-20-21)12-22-8-7-19(13-22)14-23(15-19)11-16-3-5-18(24-2)6-4-16/h3-6,9-10H,7-8,11-15H2,1-2H3. The Morgan fingerprint density at radius 3 is 2.42 bits per heavy atom. The van der Waals surface area contributed by atoms with Crippen molar-refractivity contribution in [1.29, 1.82) is 0 Å². The van der Waals surface area contributed by atoms with E-state index < -0.39 is 0 Å². The maximum atomic E-state index is 5.23. The molecule has 128 valence electrons. The van der Waals surface area contributed by atoms with Crippen molar-refractivity contribution in [2.24, 2.45) is 12.5 Å². The Labute approximate surface area is 143 Å². The van der Waals surface area contributed by atoms with Gasteiger partial charge in [0.2, 0.25) is 0 Å². The molecule has 0 radical (unpaired) electrons. The molecule has 0 aliphatic carbocycles. The highest BCUT2D eigenvalue weighted by Crippen LogP contribution is 2.40. The Morgan fingerprint density at radius 2 is 1.75 bits per heavy atom. The lowest BCUT2D eigenvalue weighted by Crippen LogP contribution is -2.56. The highest BCUT2D eigenvalue weighted by molar-refractivity contribution is 5.27. The topological polar surface area (TPSA) is 33.5 Å². The number of hydrogen-bond donors (Lipinski definition) is 0. The van der Waals surface area contributed by atoms with E-state index in [1.807, 2.05) is 17.9 Å². The molecule has 0 atom stereocenters. The Kier molecular flexibility index (Phi) is 4.06. The minimum Gasteiger partial charge on any atom is -0.497 e. The second kappa shape index (κ2) is 6.22. The van der Waals surface area contributed by atoms with Crippen LogP contribution in [-0.4, -0.2) is 52.9 Å². The molecule has 5 heteroatoms. The molecule has 2 fully saturated rings. The molecule has 2 aliphatic rings. The first-order valence-corrected chi connectivity index (χ1v) is 8.69. The van der Waals surface area contributed by atoms with E-state index in [9.17, 15) is 0 Å². The molecule has 0 unspecified atom stereocenters. The first-order chi connectivity index (χ1) is 11.6. The number of methoxy groups -OCH3 is 1. The fourth-order valence-electron chi connectivity index (χ4n) is 4.24. The van der Waals surface area contributed by atoms with Crippen LogP contribution in [0.3, 0.4) is 0 Å². The van der Waals surface area contributed by atoms with Crippen LogP contribution in [0.15, 0.2) is 36.7 Å². The molecule has 0 amide bonds. The van der Waals surface area contributed by atoms with Crippen molar-refractivity contribution in [2.45, 2.75) is 19.5 Å². The van der Waals surface area contributed by atoms with Crippen LogP contribution in [0, 0.1) is 5.41 Å². The zero-order valence-corrected chi connectivity index (χ0v) is 14.6. The molecule has 5 nitrogen and oxygen atoms in total. The second-order valence-corrected chi connectivity index (χ2v) is 7.48. The van der Waals surface area contributed by atoms with Gasteiger partial charge in [0.25, 0.3) is 0 Å². The van der Waals surface area contributed by atoms with Gasteiger partial charge in [0.15, 0.2) is 0 Å². The molecule has 24 heavy (non-hydrogen) atoms. The summed E-state index contributed by atoms with van der Waals surface area (Å²) in [6, 6.07) is 8.45. The van der Waals surface area contributed by atoms with Crippen molar-refractivity contribution in [3.63, 3.8) is 0 Å². The molecule has 0 bridgehead atoms. The first-order valence-electron chi connectivity index (χ1n) is 8.69. The van der Waals surface area contributed by atoms with E-state index in [1.54, 1.807) is 7.11 Å². The third-order valence-electron chi connectivity index (χ3n) is 5.37. The SMILES string of the molecule is COc1ccc(CN2CC3(CCN(Cc4cnn(C)c4)C3)C2)cc1. The van der Waals surface area contributed by atoms with E-state index >= 15 is 0 Å². The van der Waals surface area contributed by atoms with Gasteiger partial charge in [0, 0.05) is 56.9 Å². The van der Waals surface area contributed by atoms with Gasteiger partial charge in [0.05, 0.1) is 13.3 Å². The predicted molar refractivity (Wildman–Crippen MR) is 93.8 cm³/mol. The quantitative estimate of drug-likeness (QED) is 0.843. The van der Waals surface area contributed by atoms with Gasteiger partial charge in [-0.15, -0.1) is 0 Å². The number of nitrogens with zero attached hydrogens (tertiary/aromatic N) is 4. The third-order valence-corrected chi connectivity index (χ3v) is 5.37. The minimum atomic E-state index is 0.522. The first kappa shape index (κ1) is 15.7. The summed E-state index contributed by atoms with van der Waals surface area (Å²) in [5.74, 6) is 0.931. The molecule has 0 N–H and O–H groups in total. The number of benzene rings is 1. The fraction of sp³-hybridized carbons (Fsp3) is 0.526. The van der Waals surface area contributed by atoms with Crippen LogP contribution < -0.4 is 4.74 Å². The van der Waals surface area contributed by atoms with E-state index in [0.29, 0.717) is 5.41 Å². The smallest absolute Gasteiger partial charge is 0.118 e. The van der Waals surface area contributed by atoms with E-state index in [1.165, 1.54) is 43.7 Å². The van der Waals surface area contributed by atoms with E-state index in [-0.39, 0.29) is 0 Å². The molecular formula is C19H26N4O. The molecule has 1 spiro atoms. The van der Waals surface area contributed by atoms with Crippen molar-refractivity contribution in [1.82, 2.24) is 19.6 Å². The Morgan fingerprint density at radius 1 is 1.04 bits per heavy atom. The number of aryl methyl sites for hydroxylation is 1. The van der Waals surface area contributed by atoms with Crippen molar-refractivity contribution in [2.75, 3.05) is 33.3 Å². The molecule has 2 aromatic rings. The molecule has 2 aliphatic heterocycles. The lowest BCUT2D eigenvalue weighted by Gasteiger charge is -2.48. The maximum Gasteiger partial charge on any atom is 0.118 e. The average Bonchev–Trinajstić information content (AvgIpc) is 3.15. The van der Waals surface area contributed by atoms with E-state index in [2.05, 4.69) is 45.4 Å². The van der Waals surface area contributed by atoms with Crippen LogP contribution >= 0.6 is 0 Å². The Bertz CT molecular complexity index is 688. The maximum absolute atomic E-state index is 5.23. The van der Waals surface area contributed by atoms with Crippen LogP contribution in [0.4, 0.5) is 0 Å². The van der Waals surface area contributed by atoms with Crippen molar-refractivity contribution < 1.29 is 4.74 Å². The zero-order valence-electron chi connectivity index (χ0n) is 14.6. The molecule has 3 heterocycles. The summed E-state index contributed by atoms with van der Waals surface area (Å²) in [5, 5.41) is 4.27. The third kappa shape index (κ3) is 3.19. The molecular weight excluding hydrogens is 300 g/mol. The molecule has 2 saturated heterocycles. The summed E-state index contributed by atoms with van der Waals surface area (Å²) >= 11 is 0. The van der Waals surface area contributed by atoms with Gasteiger partial charge in [-0.3, -0.25) is 14.5 Å². The fourth-order valence-corrected chi connectivity index (χ4v) is 4.24. The average molecular weight is 326 g/mol. The summed E-state index contributed by atoms with van der Waals surface area (Å²) in [7, 11) is 3.70. The molecule has 4 rings (SSSR count). The normalized spacial score (nSPS) is 20.4. The van der Waals surface area contributed by atoms with Crippen LogP contribution in [-0.2, 0) is 20.1 Å². The van der Waals surface area contributed by atoms with Crippen LogP contribution in [0.5, 0.6) is 5.75 Å². The predicted octanol–water partition coefficient (Wildman–Crippen LogP) is 2.14. The van der Waals surface area contributed by atoms with Crippen molar-refractivity contribution in [3.05, 3.63) is 47.8 Å². The number of hydrogen-bond acceptors (Lipinski definition) is 4. The van der Waals surface area contributed by atoms with Gasteiger partial charge < -0.3 is 4.74 Å².